The molecule has 3 heterocycles. The first-order valence-electron chi connectivity index (χ1n) is 12.8. The molecule has 0 radical (unpaired) electrons. The molecular weight excluding hydrogens is 464 g/mol. The highest BCUT2D eigenvalue weighted by Gasteiger charge is 2.14. The molecule has 0 unspecified atom stereocenters. The van der Waals surface area contributed by atoms with Gasteiger partial charge in [0.2, 0.25) is 0 Å². The van der Waals surface area contributed by atoms with Gasteiger partial charge in [-0.15, -0.1) is 0 Å². The van der Waals surface area contributed by atoms with Gasteiger partial charge in [-0.1, -0.05) is 97.1 Å². The van der Waals surface area contributed by atoms with E-state index in [1.165, 1.54) is 27.6 Å². The standard InChI is InChI=1S/C35H22N2O/c1-2-9-29-27(7-1)30(21-31-28-8-3-4-10-33(28)38-35(29)31)25-16-12-23(13-17-25)24-14-18-26(19-15-24)32-22-37-20-6-5-11-34(37)36-32/h1-22H. The number of benzene rings is 5. The molecule has 0 aliphatic heterocycles. The third kappa shape index (κ3) is 3.26. The Balaban J connectivity index is 1.18. The Morgan fingerprint density at radius 1 is 0.526 bits per heavy atom. The van der Waals surface area contributed by atoms with E-state index in [0.29, 0.717) is 0 Å². The fourth-order valence-electron chi connectivity index (χ4n) is 5.54. The second-order valence-corrected chi connectivity index (χ2v) is 9.69. The molecular formula is C35H22N2O. The van der Waals surface area contributed by atoms with Crippen molar-refractivity contribution in [1.29, 1.82) is 0 Å². The third-order valence-electron chi connectivity index (χ3n) is 7.46. The zero-order valence-electron chi connectivity index (χ0n) is 20.5. The minimum atomic E-state index is 0.923. The third-order valence-corrected chi connectivity index (χ3v) is 7.46. The molecule has 0 spiro atoms. The van der Waals surface area contributed by atoms with E-state index in [-0.39, 0.29) is 0 Å². The van der Waals surface area contributed by atoms with Gasteiger partial charge in [-0.25, -0.2) is 4.98 Å². The summed E-state index contributed by atoms with van der Waals surface area (Å²) in [6.07, 6.45) is 4.10. The van der Waals surface area contributed by atoms with Crippen LogP contribution in [0, 0.1) is 0 Å². The van der Waals surface area contributed by atoms with Crippen LogP contribution in [0.3, 0.4) is 0 Å². The molecule has 178 valence electrons. The van der Waals surface area contributed by atoms with Crippen LogP contribution in [0.1, 0.15) is 0 Å². The minimum absolute atomic E-state index is 0.923. The molecule has 0 atom stereocenters. The average Bonchev–Trinajstić information content (AvgIpc) is 3.59. The molecule has 8 rings (SSSR count). The van der Waals surface area contributed by atoms with Crippen molar-refractivity contribution in [3.05, 3.63) is 134 Å². The molecule has 0 N–H and O–H groups in total. The van der Waals surface area contributed by atoms with Crippen LogP contribution >= 0.6 is 0 Å². The first kappa shape index (κ1) is 21.0. The number of imidazole rings is 1. The fraction of sp³-hybridized carbons (Fsp3) is 0. The zero-order valence-corrected chi connectivity index (χ0v) is 20.5. The van der Waals surface area contributed by atoms with Crippen LogP contribution in [0.25, 0.3) is 71.9 Å². The molecule has 0 bridgehead atoms. The highest BCUT2D eigenvalue weighted by Crippen LogP contribution is 2.40. The number of hydrogen-bond donors (Lipinski definition) is 0. The number of hydrogen-bond acceptors (Lipinski definition) is 2. The Hall–Kier alpha value is -5.15. The van der Waals surface area contributed by atoms with Gasteiger partial charge < -0.3 is 8.82 Å². The highest BCUT2D eigenvalue weighted by atomic mass is 16.3. The van der Waals surface area contributed by atoms with Gasteiger partial charge in [-0.2, -0.15) is 0 Å². The van der Waals surface area contributed by atoms with Crippen LogP contribution in [0.4, 0.5) is 0 Å². The molecule has 3 heteroatoms. The number of aromatic nitrogens is 2. The van der Waals surface area contributed by atoms with Gasteiger partial charge in [0.15, 0.2) is 0 Å². The fourth-order valence-corrected chi connectivity index (χ4v) is 5.54. The van der Waals surface area contributed by atoms with Crippen molar-refractivity contribution in [3.63, 3.8) is 0 Å². The Morgan fingerprint density at radius 3 is 1.92 bits per heavy atom. The number of para-hydroxylation sites is 1. The number of fused-ring (bicyclic) bond motifs is 6. The second kappa shape index (κ2) is 8.19. The van der Waals surface area contributed by atoms with Crippen molar-refractivity contribution < 1.29 is 4.42 Å². The summed E-state index contributed by atoms with van der Waals surface area (Å²) >= 11 is 0. The topological polar surface area (TPSA) is 30.4 Å². The second-order valence-electron chi connectivity index (χ2n) is 9.69. The lowest BCUT2D eigenvalue weighted by Crippen LogP contribution is -1.84. The molecule has 5 aromatic carbocycles. The van der Waals surface area contributed by atoms with Crippen molar-refractivity contribution in [2.24, 2.45) is 0 Å². The molecule has 0 aliphatic rings. The zero-order chi connectivity index (χ0) is 25.1. The van der Waals surface area contributed by atoms with Crippen LogP contribution in [-0.2, 0) is 0 Å². The maximum Gasteiger partial charge on any atom is 0.143 e. The van der Waals surface area contributed by atoms with Crippen LogP contribution in [0.2, 0.25) is 0 Å². The average molecular weight is 487 g/mol. The quantitative estimate of drug-likeness (QED) is 0.249. The van der Waals surface area contributed by atoms with E-state index in [1.807, 2.05) is 36.5 Å². The maximum absolute atomic E-state index is 6.29. The summed E-state index contributed by atoms with van der Waals surface area (Å²) in [5, 5.41) is 4.64. The summed E-state index contributed by atoms with van der Waals surface area (Å²) in [5.41, 5.74) is 9.70. The van der Waals surface area contributed by atoms with Gasteiger partial charge in [-0.3, -0.25) is 0 Å². The van der Waals surface area contributed by atoms with Crippen molar-refractivity contribution in [2.45, 2.75) is 0 Å². The van der Waals surface area contributed by atoms with Crippen LogP contribution in [-0.4, -0.2) is 9.38 Å². The molecule has 0 saturated carbocycles. The van der Waals surface area contributed by atoms with E-state index in [4.69, 9.17) is 9.40 Å². The molecule has 0 fully saturated rings. The van der Waals surface area contributed by atoms with Crippen molar-refractivity contribution in [3.8, 4) is 33.5 Å². The molecule has 3 aromatic heterocycles. The number of rotatable bonds is 3. The van der Waals surface area contributed by atoms with Gasteiger partial charge in [0.05, 0.1) is 5.69 Å². The number of furan rings is 1. The van der Waals surface area contributed by atoms with Gasteiger partial charge in [-0.05, 0) is 51.9 Å². The Bertz CT molecular complexity index is 2080. The summed E-state index contributed by atoms with van der Waals surface area (Å²) in [6, 6.07) is 42.6. The lowest BCUT2D eigenvalue weighted by molar-refractivity contribution is 0.672. The minimum Gasteiger partial charge on any atom is -0.455 e. The van der Waals surface area contributed by atoms with E-state index < -0.39 is 0 Å². The monoisotopic (exact) mass is 486 g/mol. The molecule has 3 nitrogen and oxygen atoms in total. The summed E-state index contributed by atoms with van der Waals surface area (Å²) in [5.74, 6) is 0. The van der Waals surface area contributed by atoms with E-state index in [2.05, 4.69) is 102 Å². The van der Waals surface area contributed by atoms with Gasteiger partial charge >= 0.3 is 0 Å². The van der Waals surface area contributed by atoms with Crippen LogP contribution in [0.15, 0.2) is 138 Å². The molecule has 38 heavy (non-hydrogen) atoms. The largest absolute Gasteiger partial charge is 0.455 e. The normalized spacial score (nSPS) is 11.7. The molecule has 0 aliphatic carbocycles. The Morgan fingerprint density at radius 2 is 1.16 bits per heavy atom. The summed E-state index contributed by atoms with van der Waals surface area (Å²) in [4.78, 5) is 4.75. The smallest absolute Gasteiger partial charge is 0.143 e. The van der Waals surface area contributed by atoms with Crippen molar-refractivity contribution >= 4 is 38.4 Å². The summed E-state index contributed by atoms with van der Waals surface area (Å²) < 4.78 is 8.34. The first-order chi connectivity index (χ1) is 18.8. The van der Waals surface area contributed by atoms with E-state index >= 15 is 0 Å². The predicted octanol–water partition coefficient (Wildman–Crippen LogP) is 9.39. The molecule has 0 saturated heterocycles. The lowest BCUT2D eigenvalue weighted by atomic mass is 9.94. The van der Waals surface area contributed by atoms with E-state index in [1.54, 1.807) is 0 Å². The number of pyridine rings is 1. The predicted molar refractivity (Wildman–Crippen MR) is 156 cm³/mol. The summed E-state index contributed by atoms with van der Waals surface area (Å²) in [7, 11) is 0. The maximum atomic E-state index is 6.29. The van der Waals surface area contributed by atoms with Gasteiger partial charge in [0.1, 0.15) is 16.8 Å². The van der Waals surface area contributed by atoms with Gasteiger partial charge in [0.25, 0.3) is 0 Å². The van der Waals surface area contributed by atoms with Crippen LogP contribution < -0.4 is 0 Å². The van der Waals surface area contributed by atoms with Crippen molar-refractivity contribution in [1.82, 2.24) is 9.38 Å². The van der Waals surface area contributed by atoms with E-state index in [0.717, 1.165) is 44.2 Å². The SMILES string of the molecule is c1ccc2c(c1)oc1c3ccccc3c(-c3ccc(-c4ccc(-c5cn6ccccc6n5)cc4)cc3)cc21. The number of nitrogens with zero attached hydrogens (tertiary/aromatic N) is 2. The van der Waals surface area contributed by atoms with E-state index in [9.17, 15) is 0 Å². The Labute approximate surface area is 219 Å². The summed E-state index contributed by atoms with van der Waals surface area (Å²) in [6.45, 7) is 0. The molecule has 0 amide bonds. The highest BCUT2D eigenvalue weighted by molar-refractivity contribution is 6.19. The van der Waals surface area contributed by atoms with Crippen LogP contribution in [0.5, 0.6) is 0 Å². The Kier molecular flexibility index (Phi) is 4.52. The van der Waals surface area contributed by atoms with Crippen molar-refractivity contribution in [2.75, 3.05) is 0 Å². The first-order valence-corrected chi connectivity index (χ1v) is 12.8. The lowest BCUT2D eigenvalue weighted by Gasteiger charge is -2.10. The molecule has 8 aromatic rings. The van der Waals surface area contributed by atoms with Gasteiger partial charge in [0, 0.05) is 34.1 Å².